The molecular formula is C21H18N2O6S. The first-order chi connectivity index (χ1) is 14.5. The van der Waals surface area contributed by atoms with E-state index in [1.807, 2.05) is 18.2 Å². The van der Waals surface area contributed by atoms with Gasteiger partial charge in [0.05, 0.1) is 12.8 Å². The van der Waals surface area contributed by atoms with Crippen molar-refractivity contribution in [1.82, 2.24) is 5.32 Å². The average molecular weight is 426 g/mol. The van der Waals surface area contributed by atoms with Crippen molar-refractivity contribution in [2.45, 2.75) is 6.54 Å². The Hall–Kier alpha value is -3.72. The molecule has 1 aromatic heterocycles. The summed E-state index contributed by atoms with van der Waals surface area (Å²) >= 11 is 1.06. The van der Waals surface area contributed by atoms with Crippen molar-refractivity contribution in [2.24, 2.45) is 0 Å². The van der Waals surface area contributed by atoms with Crippen molar-refractivity contribution in [3.63, 3.8) is 0 Å². The van der Waals surface area contributed by atoms with E-state index < -0.39 is 12.0 Å². The lowest BCUT2D eigenvalue weighted by Crippen LogP contribution is -2.28. The third-order valence-corrected chi connectivity index (χ3v) is 5.48. The zero-order chi connectivity index (χ0) is 21.1. The summed E-state index contributed by atoms with van der Waals surface area (Å²) < 4.78 is 15.8. The van der Waals surface area contributed by atoms with E-state index in [1.165, 1.54) is 0 Å². The van der Waals surface area contributed by atoms with E-state index in [2.05, 4.69) is 10.6 Å². The minimum absolute atomic E-state index is 0.0547. The number of benzene rings is 2. The molecule has 3 aromatic rings. The van der Waals surface area contributed by atoms with Gasteiger partial charge in [0.1, 0.15) is 10.6 Å². The van der Waals surface area contributed by atoms with Crippen molar-refractivity contribution >= 4 is 29.0 Å². The number of methoxy groups -OCH3 is 1. The summed E-state index contributed by atoms with van der Waals surface area (Å²) in [5.41, 5.74) is 2.47. The van der Waals surface area contributed by atoms with Gasteiger partial charge in [-0.2, -0.15) is 0 Å². The number of rotatable bonds is 6. The first-order valence-electron chi connectivity index (χ1n) is 8.97. The van der Waals surface area contributed by atoms with Crippen molar-refractivity contribution in [3.05, 3.63) is 58.3 Å². The zero-order valence-corrected chi connectivity index (χ0v) is 16.7. The van der Waals surface area contributed by atoms with E-state index in [0.717, 1.165) is 22.5 Å². The number of amides is 2. The van der Waals surface area contributed by atoms with Crippen LogP contribution in [0, 0.1) is 0 Å². The number of carbonyl (C=O) groups excluding carboxylic acids is 1. The van der Waals surface area contributed by atoms with Gasteiger partial charge in [-0.1, -0.05) is 18.2 Å². The Labute approximate surface area is 176 Å². The van der Waals surface area contributed by atoms with Crippen LogP contribution in [0.5, 0.6) is 17.2 Å². The van der Waals surface area contributed by atoms with Gasteiger partial charge < -0.3 is 30.0 Å². The molecule has 1 aliphatic heterocycles. The molecule has 4 rings (SSSR count). The van der Waals surface area contributed by atoms with Crippen LogP contribution in [0.4, 0.5) is 10.5 Å². The quantitative estimate of drug-likeness (QED) is 0.546. The van der Waals surface area contributed by atoms with Gasteiger partial charge in [0.25, 0.3) is 0 Å². The molecule has 0 fully saturated rings. The number of hydrogen-bond donors (Lipinski definition) is 3. The van der Waals surface area contributed by atoms with E-state index in [0.29, 0.717) is 22.8 Å². The van der Waals surface area contributed by atoms with Gasteiger partial charge >= 0.3 is 12.0 Å². The Balaban J connectivity index is 1.50. The molecule has 0 saturated heterocycles. The summed E-state index contributed by atoms with van der Waals surface area (Å²) in [6.45, 7) is 0.420. The monoisotopic (exact) mass is 426 g/mol. The summed E-state index contributed by atoms with van der Waals surface area (Å²) in [6, 6.07) is 12.0. The SMILES string of the molecule is COc1ccc(-c2csc(C(=O)O)c2NC(=O)NCc2ccc3c(c2)OCO3)cc1. The molecule has 0 radical (unpaired) electrons. The number of urea groups is 1. The van der Waals surface area contributed by atoms with E-state index in [-0.39, 0.29) is 23.9 Å². The molecule has 154 valence electrons. The molecule has 0 saturated carbocycles. The lowest BCUT2D eigenvalue weighted by molar-refractivity contribution is 0.0703. The summed E-state index contributed by atoms with van der Waals surface area (Å²) in [5.74, 6) is 0.869. The van der Waals surface area contributed by atoms with Crippen molar-refractivity contribution in [1.29, 1.82) is 0 Å². The number of aromatic carboxylic acids is 1. The Morgan fingerprint density at radius 2 is 1.90 bits per heavy atom. The Morgan fingerprint density at radius 3 is 2.63 bits per heavy atom. The highest BCUT2D eigenvalue weighted by molar-refractivity contribution is 7.13. The van der Waals surface area contributed by atoms with Crippen molar-refractivity contribution in [3.8, 4) is 28.4 Å². The van der Waals surface area contributed by atoms with Crippen LogP contribution in [-0.4, -0.2) is 31.0 Å². The lowest BCUT2D eigenvalue weighted by Gasteiger charge is -2.11. The molecule has 0 unspecified atom stereocenters. The number of ether oxygens (including phenoxy) is 3. The third-order valence-electron chi connectivity index (χ3n) is 4.51. The van der Waals surface area contributed by atoms with E-state index >= 15 is 0 Å². The first-order valence-corrected chi connectivity index (χ1v) is 9.85. The van der Waals surface area contributed by atoms with E-state index in [1.54, 1.807) is 36.8 Å². The molecule has 0 bridgehead atoms. The summed E-state index contributed by atoms with van der Waals surface area (Å²) in [6.07, 6.45) is 0. The highest BCUT2D eigenvalue weighted by Crippen LogP contribution is 2.37. The van der Waals surface area contributed by atoms with Crippen LogP contribution in [0.25, 0.3) is 11.1 Å². The summed E-state index contributed by atoms with van der Waals surface area (Å²) in [4.78, 5) is 24.2. The fraction of sp³-hybridized carbons (Fsp3) is 0.143. The second-order valence-electron chi connectivity index (χ2n) is 6.38. The smallest absolute Gasteiger partial charge is 0.348 e. The van der Waals surface area contributed by atoms with Gasteiger partial charge in [0.2, 0.25) is 6.79 Å². The number of anilines is 1. The topological polar surface area (TPSA) is 106 Å². The van der Waals surface area contributed by atoms with Crippen LogP contribution in [0.2, 0.25) is 0 Å². The van der Waals surface area contributed by atoms with Gasteiger partial charge in [-0.05, 0) is 35.4 Å². The van der Waals surface area contributed by atoms with Crippen LogP contribution in [0.15, 0.2) is 47.8 Å². The predicted octanol–water partition coefficient (Wildman–Crippen LogP) is 4.17. The number of carboxylic acid groups (broad SMARTS) is 1. The third kappa shape index (κ3) is 4.01. The maximum absolute atomic E-state index is 12.5. The number of carboxylic acids is 1. The molecular weight excluding hydrogens is 408 g/mol. The molecule has 1 aliphatic rings. The second-order valence-corrected chi connectivity index (χ2v) is 7.26. The number of fused-ring (bicyclic) bond motifs is 1. The largest absolute Gasteiger partial charge is 0.497 e. The minimum atomic E-state index is -1.11. The minimum Gasteiger partial charge on any atom is -0.497 e. The standard InChI is InChI=1S/C21H18N2O6S/c1-27-14-5-3-13(4-6-14)15-10-30-19(20(24)25)18(15)23-21(26)22-9-12-2-7-16-17(8-12)29-11-28-16/h2-8,10H,9,11H2,1H3,(H,24,25)(H2,22,23,26). The molecule has 3 N–H and O–H groups in total. The van der Waals surface area contributed by atoms with Gasteiger partial charge in [-0.15, -0.1) is 11.3 Å². The maximum atomic E-state index is 12.5. The molecule has 0 aliphatic carbocycles. The molecule has 8 nitrogen and oxygen atoms in total. The Kier molecular flexibility index (Phi) is 5.44. The van der Waals surface area contributed by atoms with Crippen LogP contribution in [0.1, 0.15) is 15.2 Å². The van der Waals surface area contributed by atoms with Gasteiger partial charge in [0, 0.05) is 17.5 Å². The van der Waals surface area contributed by atoms with Gasteiger partial charge in [0.15, 0.2) is 11.5 Å². The van der Waals surface area contributed by atoms with Gasteiger partial charge in [-0.25, -0.2) is 9.59 Å². The summed E-state index contributed by atoms with van der Waals surface area (Å²) in [7, 11) is 1.57. The molecule has 2 heterocycles. The van der Waals surface area contributed by atoms with Crippen LogP contribution >= 0.6 is 11.3 Å². The average Bonchev–Trinajstić information content (AvgIpc) is 3.39. The van der Waals surface area contributed by atoms with Crippen LogP contribution in [0.3, 0.4) is 0 Å². The molecule has 9 heteroatoms. The van der Waals surface area contributed by atoms with E-state index in [9.17, 15) is 14.7 Å². The highest BCUT2D eigenvalue weighted by Gasteiger charge is 2.21. The highest BCUT2D eigenvalue weighted by atomic mass is 32.1. The molecule has 0 spiro atoms. The maximum Gasteiger partial charge on any atom is 0.348 e. The lowest BCUT2D eigenvalue weighted by atomic mass is 10.1. The Bertz CT molecular complexity index is 1090. The van der Waals surface area contributed by atoms with Crippen LogP contribution < -0.4 is 24.8 Å². The fourth-order valence-electron chi connectivity index (χ4n) is 3.01. The van der Waals surface area contributed by atoms with Crippen LogP contribution in [-0.2, 0) is 6.54 Å². The first kappa shape index (κ1) is 19.6. The van der Waals surface area contributed by atoms with E-state index in [4.69, 9.17) is 14.2 Å². The number of thiophene rings is 1. The fourth-order valence-corrected chi connectivity index (χ4v) is 3.88. The zero-order valence-electron chi connectivity index (χ0n) is 15.9. The number of hydrogen-bond acceptors (Lipinski definition) is 6. The summed E-state index contributed by atoms with van der Waals surface area (Å²) in [5, 5.41) is 16.6. The molecule has 30 heavy (non-hydrogen) atoms. The van der Waals surface area contributed by atoms with Crippen molar-refractivity contribution in [2.75, 3.05) is 19.2 Å². The predicted molar refractivity (Wildman–Crippen MR) is 112 cm³/mol. The number of carbonyl (C=O) groups is 2. The molecule has 0 atom stereocenters. The number of nitrogens with one attached hydrogen (secondary N) is 2. The second kappa shape index (κ2) is 8.34. The van der Waals surface area contributed by atoms with Crippen molar-refractivity contribution < 1.29 is 28.9 Å². The Morgan fingerprint density at radius 1 is 1.13 bits per heavy atom. The molecule has 2 aromatic carbocycles. The molecule has 2 amide bonds. The van der Waals surface area contributed by atoms with Gasteiger partial charge in [-0.3, -0.25) is 0 Å². The normalized spacial score (nSPS) is 11.8.